The Morgan fingerprint density at radius 1 is 0.938 bits per heavy atom. The van der Waals surface area contributed by atoms with Crippen molar-refractivity contribution >= 4 is 22.7 Å². The van der Waals surface area contributed by atoms with Crippen LogP contribution in [0.5, 0.6) is 11.5 Å². The summed E-state index contributed by atoms with van der Waals surface area (Å²) in [5, 5.41) is 13.7. The summed E-state index contributed by atoms with van der Waals surface area (Å²) >= 11 is 0. The van der Waals surface area contributed by atoms with Crippen molar-refractivity contribution in [2.24, 2.45) is 0 Å². The number of benzene rings is 3. The average Bonchev–Trinajstić information content (AvgIpc) is 2.83. The van der Waals surface area contributed by atoms with Crippen LogP contribution in [0.2, 0.25) is 0 Å². The molecule has 3 aromatic carbocycles. The third-order valence-electron chi connectivity index (χ3n) is 5.04. The van der Waals surface area contributed by atoms with Gasteiger partial charge in [0.1, 0.15) is 28.7 Å². The number of ketones is 1. The lowest BCUT2D eigenvalue weighted by molar-refractivity contribution is 0.0854. The van der Waals surface area contributed by atoms with E-state index in [9.17, 15) is 19.5 Å². The van der Waals surface area contributed by atoms with Crippen molar-refractivity contribution in [3.63, 3.8) is 0 Å². The van der Waals surface area contributed by atoms with Gasteiger partial charge in [-0.1, -0.05) is 42.5 Å². The van der Waals surface area contributed by atoms with Crippen LogP contribution in [0.4, 0.5) is 0 Å². The molecule has 1 aromatic heterocycles. The van der Waals surface area contributed by atoms with Gasteiger partial charge in [0.05, 0.1) is 12.5 Å². The average molecular weight is 429 g/mol. The van der Waals surface area contributed by atoms with E-state index in [4.69, 9.17) is 9.15 Å². The smallest absolute Gasteiger partial charge is 0.345 e. The summed E-state index contributed by atoms with van der Waals surface area (Å²) in [6, 6.07) is 19.5. The van der Waals surface area contributed by atoms with Gasteiger partial charge in [-0.2, -0.15) is 0 Å². The number of nitrogens with one attached hydrogen (secondary N) is 1. The molecule has 1 atom stereocenters. The van der Waals surface area contributed by atoms with E-state index in [1.54, 1.807) is 60.7 Å². The lowest BCUT2D eigenvalue weighted by atomic mass is 9.96. The molecule has 0 fully saturated rings. The molecule has 1 unspecified atom stereocenters. The Morgan fingerprint density at radius 3 is 2.38 bits per heavy atom. The second-order valence-corrected chi connectivity index (χ2v) is 7.02. The number of Topliss-reactive ketones (excluding diaryl/α,β-unsaturated/α-hetero) is 1. The number of amides is 1. The Hall–Kier alpha value is -4.39. The molecule has 0 bridgehead atoms. The zero-order valence-corrected chi connectivity index (χ0v) is 17.1. The normalized spacial score (nSPS) is 11.7. The van der Waals surface area contributed by atoms with Crippen LogP contribution in [0.3, 0.4) is 0 Å². The van der Waals surface area contributed by atoms with Crippen LogP contribution in [0.15, 0.2) is 88.1 Å². The minimum absolute atomic E-state index is 0.167. The standard InChI is InChI=1S/C25H19NO6/c1-31-17-11-7-10-16(14-17)22(27)21(26-24(29)15-8-3-2-4-9-15)20-23(28)18-12-5-6-13-19(18)32-25(20)30/h2-14,21,28H,1H3,(H,26,29). The van der Waals surface area contributed by atoms with Crippen molar-refractivity contribution in [2.45, 2.75) is 6.04 Å². The van der Waals surface area contributed by atoms with Crippen LogP contribution >= 0.6 is 0 Å². The molecule has 1 amide bonds. The summed E-state index contributed by atoms with van der Waals surface area (Å²) in [4.78, 5) is 39.1. The quantitative estimate of drug-likeness (QED) is 0.356. The molecule has 0 aliphatic carbocycles. The minimum Gasteiger partial charge on any atom is -0.507 e. The Kier molecular flexibility index (Phi) is 5.72. The predicted molar refractivity (Wildman–Crippen MR) is 118 cm³/mol. The molecule has 0 spiro atoms. The summed E-state index contributed by atoms with van der Waals surface area (Å²) in [6.45, 7) is 0. The number of rotatable bonds is 6. The Morgan fingerprint density at radius 2 is 1.62 bits per heavy atom. The maximum atomic E-state index is 13.5. The number of carbonyl (C=O) groups is 2. The van der Waals surface area contributed by atoms with E-state index < -0.39 is 29.1 Å². The molecular weight excluding hydrogens is 410 g/mol. The molecule has 4 rings (SSSR count). The monoisotopic (exact) mass is 429 g/mol. The Balaban J connectivity index is 1.86. The molecular formula is C25H19NO6. The third kappa shape index (κ3) is 3.96. The van der Waals surface area contributed by atoms with E-state index in [0.717, 1.165) is 0 Å². The first-order valence-corrected chi connectivity index (χ1v) is 9.78. The van der Waals surface area contributed by atoms with Crippen molar-refractivity contribution in [1.29, 1.82) is 0 Å². The number of methoxy groups -OCH3 is 1. The first-order chi connectivity index (χ1) is 15.5. The first-order valence-electron chi connectivity index (χ1n) is 9.78. The van der Waals surface area contributed by atoms with Crippen LogP contribution in [0, 0.1) is 0 Å². The van der Waals surface area contributed by atoms with Gasteiger partial charge in [0, 0.05) is 11.1 Å². The van der Waals surface area contributed by atoms with Crippen molar-refractivity contribution in [3.05, 3.63) is 106 Å². The number of aromatic hydroxyl groups is 1. The van der Waals surface area contributed by atoms with Gasteiger partial charge >= 0.3 is 5.63 Å². The van der Waals surface area contributed by atoms with Crippen LogP contribution in [-0.4, -0.2) is 23.9 Å². The van der Waals surface area contributed by atoms with Crippen LogP contribution in [0.25, 0.3) is 11.0 Å². The predicted octanol–water partition coefficient (Wildman–Crippen LogP) is 3.86. The van der Waals surface area contributed by atoms with E-state index in [0.29, 0.717) is 11.3 Å². The van der Waals surface area contributed by atoms with E-state index in [1.807, 2.05) is 0 Å². The molecule has 1 heterocycles. The highest BCUT2D eigenvalue weighted by molar-refractivity contribution is 6.05. The molecule has 7 nitrogen and oxygen atoms in total. The molecule has 7 heteroatoms. The molecule has 2 N–H and O–H groups in total. The van der Waals surface area contributed by atoms with E-state index in [2.05, 4.69) is 5.32 Å². The molecule has 0 radical (unpaired) electrons. The topological polar surface area (TPSA) is 106 Å². The van der Waals surface area contributed by atoms with Gasteiger partial charge in [0.15, 0.2) is 5.78 Å². The van der Waals surface area contributed by atoms with Crippen molar-refractivity contribution in [2.75, 3.05) is 7.11 Å². The minimum atomic E-state index is -1.49. The van der Waals surface area contributed by atoms with Gasteiger partial charge < -0.3 is 19.6 Å². The summed E-state index contributed by atoms with van der Waals surface area (Å²) < 4.78 is 10.5. The zero-order valence-electron chi connectivity index (χ0n) is 17.1. The molecule has 4 aromatic rings. The first kappa shape index (κ1) is 20.9. The van der Waals surface area contributed by atoms with Gasteiger partial charge in [0.2, 0.25) is 0 Å². The van der Waals surface area contributed by atoms with Crippen LogP contribution < -0.4 is 15.7 Å². The highest BCUT2D eigenvalue weighted by atomic mass is 16.5. The van der Waals surface area contributed by atoms with Gasteiger partial charge in [-0.05, 0) is 36.4 Å². The van der Waals surface area contributed by atoms with E-state index >= 15 is 0 Å². The number of carbonyl (C=O) groups excluding carboxylic acids is 2. The van der Waals surface area contributed by atoms with Crippen LogP contribution in [-0.2, 0) is 0 Å². The Labute approximate surface area is 182 Å². The summed E-state index contributed by atoms with van der Waals surface area (Å²) in [5.74, 6) is -1.19. The summed E-state index contributed by atoms with van der Waals surface area (Å²) in [7, 11) is 1.46. The zero-order chi connectivity index (χ0) is 22.7. The molecule has 160 valence electrons. The second kappa shape index (κ2) is 8.77. The SMILES string of the molecule is COc1cccc(C(=O)C(NC(=O)c2ccccc2)c2c(O)c3ccccc3oc2=O)c1. The molecule has 0 aliphatic rings. The number of fused-ring (bicyclic) bond motifs is 1. The summed E-state index contributed by atoms with van der Waals surface area (Å²) in [5.41, 5.74) is -0.618. The van der Waals surface area contributed by atoms with Crippen molar-refractivity contribution < 1.29 is 23.8 Å². The molecule has 32 heavy (non-hydrogen) atoms. The lowest BCUT2D eigenvalue weighted by Crippen LogP contribution is -2.36. The number of hydrogen-bond donors (Lipinski definition) is 2. The highest BCUT2D eigenvalue weighted by Gasteiger charge is 2.31. The number of hydrogen-bond acceptors (Lipinski definition) is 6. The molecule has 0 saturated heterocycles. The maximum absolute atomic E-state index is 13.5. The van der Waals surface area contributed by atoms with E-state index in [-0.39, 0.29) is 22.1 Å². The fourth-order valence-electron chi connectivity index (χ4n) is 3.42. The third-order valence-corrected chi connectivity index (χ3v) is 5.04. The van der Waals surface area contributed by atoms with Gasteiger partial charge in [-0.3, -0.25) is 9.59 Å². The number of para-hydroxylation sites is 1. The molecule has 0 aliphatic heterocycles. The fourth-order valence-corrected chi connectivity index (χ4v) is 3.42. The lowest BCUT2D eigenvalue weighted by Gasteiger charge is -2.19. The van der Waals surface area contributed by atoms with Crippen LogP contribution in [0.1, 0.15) is 32.3 Å². The van der Waals surface area contributed by atoms with Gasteiger partial charge in [-0.25, -0.2) is 4.79 Å². The second-order valence-electron chi connectivity index (χ2n) is 7.02. The maximum Gasteiger partial charge on any atom is 0.345 e. The molecule has 0 saturated carbocycles. The number of ether oxygens (including phenoxy) is 1. The van der Waals surface area contributed by atoms with Crippen molar-refractivity contribution in [3.8, 4) is 11.5 Å². The van der Waals surface area contributed by atoms with E-state index in [1.165, 1.54) is 25.3 Å². The summed E-state index contributed by atoms with van der Waals surface area (Å²) in [6.07, 6.45) is 0. The largest absolute Gasteiger partial charge is 0.507 e. The fraction of sp³-hybridized carbons (Fsp3) is 0.0800. The van der Waals surface area contributed by atoms with Crippen molar-refractivity contribution in [1.82, 2.24) is 5.32 Å². The highest BCUT2D eigenvalue weighted by Crippen LogP contribution is 2.32. The van der Waals surface area contributed by atoms with Gasteiger partial charge in [-0.15, -0.1) is 0 Å². The van der Waals surface area contributed by atoms with Gasteiger partial charge in [0.25, 0.3) is 5.91 Å². The Bertz CT molecular complexity index is 1360.